The molecule has 0 radical (unpaired) electrons. The fraction of sp³-hybridized carbons (Fsp3) is 0. The zero-order valence-electron chi connectivity index (χ0n) is 7.68. The molecule has 15 heavy (non-hydrogen) atoms. The van der Waals surface area contributed by atoms with Gasteiger partial charge in [0.05, 0.1) is 0 Å². The fourth-order valence-corrected chi connectivity index (χ4v) is 1.36. The molecular formula is C12H7F3. The van der Waals surface area contributed by atoms with Crippen LogP contribution in [0, 0.1) is 17.5 Å². The summed E-state index contributed by atoms with van der Waals surface area (Å²) in [5.74, 6) is -2.23. The minimum absolute atomic E-state index is 0.134. The maximum Gasteiger partial charge on any atom is 0.166 e. The molecule has 0 aliphatic carbocycles. The van der Waals surface area contributed by atoms with Crippen LogP contribution < -0.4 is 0 Å². The van der Waals surface area contributed by atoms with Crippen molar-refractivity contribution in [1.29, 1.82) is 0 Å². The van der Waals surface area contributed by atoms with Crippen LogP contribution in [-0.4, -0.2) is 0 Å². The lowest BCUT2D eigenvalue weighted by molar-refractivity contribution is 0.511. The Bertz CT molecular complexity index is 475. The molecule has 0 nitrogen and oxygen atoms in total. The predicted molar refractivity (Wildman–Crippen MR) is 51.8 cm³/mol. The van der Waals surface area contributed by atoms with E-state index in [0.29, 0.717) is 5.56 Å². The van der Waals surface area contributed by atoms with Gasteiger partial charge in [0, 0.05) is 5.56 Å². The molecule has 0 saturated carbocycles. The summed E-state index contributed by atoms with van der Waals surface area (Å²) < 4.78 is 38.8. The summed E-state index contributed by atoms with van der Waals surface area (Å²) >= 11 is 0. The monoisotopic (exact) mass is 208 g/mol. The minimum Gasteiger partial charge on any atom is -0.207 e. The predicted octanol–water partition coefficient (Wildman–Crippen LogP) is 3.77. The van der Waals surface area contributed by atoms with Crippen molar-refractivity contribution >= 4 is 0 Å². The molecule has 0 aliphatic heterocycles. The van der Waals surface area contributed by atoms with Crippen LogP contribution in [-0.2, 0) is 0 Å². The molecule has 0 saturated heterocycles. The van der Waals surface area contributed by atoms with Crippen LogP contribution in [0.25, 0.3) is 11.1 Å². The highest BCUT2D eigenvalue weighted by atomic mass is 19.2. The summed E-state index contributed by atoms with van der Waals surface area (Å²) in [6, 6.07) is 9.14. The Morgan fingerprint density at radius 2 is 1.40 bits per heavy atom. The van der Waals surface area contributed by atoms with Gasteiger partial charge >= 0.3 is 0 Å². The van der Waals surface area contributed by atoms with Gasteiger partial charge in [0.15, 0.2) is 11.6 Å². The topological polar surface area (TPSA) is 0 Å². The fourth-order valence-electron chi connectivity index (χ4n) is 1.36. The van der Waals surface area contributed by atoms with Crippen molar-refractivity contribution in [2.24, 2.45) is 0 Å². The van der Waals surface area contributed by atoms with Crippen LogP contribution in [0.2, 0.25) is 0 Å². The van der Waals surface area contributed by atoms with Crippen LogP contribution >= 0.6 is 0 Å². The third-order valence-corrected chi connectivity index (χ3v) is 2.11. The van der Waals surface area contributed by atoms with Crippen molar-refractivity contribution in [3.8, 4) is 11.1 Å². The lowest BCUT2D eigenvalue weighted by Crippen LogP contribution is -1.88. The Morgan fingerprint density at radius 3 is 2.07 bits per heavy atom. The van der Waals surface area contributed by atoms with Gasteiger partial charge in [-0.3, -0.25) is 0 Å². The third-order valence-electron chi connectivity index (χ3n) is 2.11. The second-order valence-corrected chi connectivity index (χ2v) is 3.11. The van der Waals surface area contributed by atoms with Gasteiger partial charge < -0.3 is 0 Å². The molecule has 3 heteroatoms. The largest absolute Gasteiger partial charge is 0.207 e. The molecule has 76 valence electrons. The van der Waals surface area contributed by atoms with Crippen LogP contribution in [0.15, 0.2) is 42.5 Å². The lowest BCUT2D eigenvalue weighted by Gasteiger charge is -2.03. The number of hydrogen-bond donors (Lipinski definition) is 0. The second-order valence-electron chi connectivity index (χ2n) is 3.11. The van der Waals surface area contributed by atoms with Crippen molar-refractivity contribution in [2.45, 2.75) is 0 Å². The Morgan fingerprint density at radius 1 is 0.733 bits per heavy atom. The zero-order chi connectivity index (χ0) is 10.8. The smallest absolute Gasteiger partial charge is 0.166 e. The van der Waals surface area contributed by atoms with E-state index in [1.54, 1.807) is 0 Å². The number of hydrogen-bond acceptors (Lipinski definition) is 0. The molecule has 0 N–H and O–H groups in total. The summed E-state index contributed by atoms with van der Waals surface area (Å²) in [4.78, 5) is 0. The minimum atomic E-state index is -0.913. The normalized spacial score (nSPS) is 10.3. The Kier molecular flexibility index (Phi) is 2.46. The number of rotatable bonds is 1. The average molecular weight is 208 g/mol. The van der Waals surface area contributed by atoms with Gasteiger partial charge in [-0.25, -0.2) is 13.2 Å². The van der Waals surface area contributed by atoms with Crippen molar-refractivity contribution in [2.75, 3.05) is 0 Å². The quantitative estimate of drug-likeness (QED) is 0.669. The molecule has 0 aliphatic rings. The summed E-state index contributed by atoms with van der Waals surface area (Å²) in [6.07, 6.45) is 0. The number of benzene rings is 2. The molecule has 2 aromatic carbocycles. The maximum absolute atomic E-state index is 13.3. The lowest BCUT2D eigenvalue weighted by atomic mass is 10.1. The van der Waals surface area contributed by atoms with E-state index in [0.717, 1.165) is 6.07 Å². The second kappa shape index (κ2) is 3.77. The molecule has 0 unspecified atom stereocenters. The van der Waals surface area contributed by atoms with E-state index >= 15 is 0 Å². The van der Waals surface area contributed by atoms with Crippen LogP contribution in [0.4, 0.5) is 13.2 Å². The van der Waals surface area contributed by atoms with E-state index < -0.39 is 17.5 Å². The Balaban J connectivity index is 2.54. The van der Waals surface area contributed by atoms with Crippen molar-refractivity contribution < 1.29 is 13.2 Å². The molecule has 0 amide bonds. The third kappa shape index (κ3) is 1.86. The van der Waals surface area contributed by atoms with Gasteiger partial charge in [-0.2, -0.15) is 0 Å². The first-order valence-electron chi connectivity index (χ1n) is 4.38. The summed E-state index contributed by atoms with van der Waals surface area (Å²) in [7, 11) is 0. The van der Waals surface area contributed by atoms with Crippen molar-refractivity contribution in [3.05, 3.63) is 59.9 Å². The van der Waals surface area contributed by atoms with Crippen molar-refractivity contribution in [3.63, 3.8) is 0 Å². The first kappa shape index (κ1) is 9.77. The maximum atomic E-state index is 13.3. The van der Waals surface area contributed by atoms with E-state index in [9.17, 15) is 13.2 Å². The first-order chi connectivity index (χ1) is 7.18. The Hall–Kier alpha value is -1.77. The Labute approximate surface area is 85.0 Å². The van der Waals surface area contributed by atoms with Gasteiger partial charge in [-0.15, -0.1) is 0 Å². The van der Waals surface area contributed by atoms with E-state index in [2.05, 4.69) is 0 Å². The molecule has 0 spiro atoms. The molecule has 0 fully saturated rings. The molecule has 0 bridgehead atoms. The SMILES string of the molecule is Fc1ccc(-c2cccc(F)c2F)cc1. The van der Waals surface area contributed by atoms with Gasteiger partial charge in [0.2, 0.25) is 0 Å². The van der Waals surface area contributed by atoms with Crippen molar-refractivity contribution in [1.82, 2.24) is 0 Å². The van der Waals surface area contributed by atoms with Gasteiger partial charge in [-0.05, 0) is 23.8 Å². The molecule has 2 aromatic rings. The van der Waals surface area contributed by atoms with E-state index in [4.69, 9.17) is 0 Å². The van der Waals surface area contributed by atoms with E-state index in [-0.39, 0.29) is 5.56 Å². The van der Waals surface area contributed by atoms with Crippen LogP contribution in [0.3, 0.4) is 0 Å². The van der Waals surface area contributed by atoms with Crippen LogP contribution in [0.5, 0.6) is 0 Å². The molecule has 0 heterocycles. The molecule has 2 rings (SSSR count). The average Bonchev–Trinajstić information content (AvgIpc) is 2.24. The molecule has 0 atom stereocenters. The van der Waals surface area contributed by atoms with E-state index in [1.807, 2.05) is 0 Å². The zero-order valence-corrected chi connectivity index (χ0v) is 7.68. The van der Waals surface area contributed by atoms with Gasteiger partial charge in [0.25, 0.3) is 0 Å². The molecule has 0 aromatic heterocycles. The molecular weight excluding hydrogens is 201 g/mol. The summed E-state index contributed by atoms with van der Waals surface area (Å²) in [5, 5.41) is 0. The highest BCUT2D eigenvalue weighted by Crippen LogP contribution is 2.24. The highest BCUT2D eigenvalue weighted by molar-refractivity contribution is 5.63. The number of halogens is 3. The first-order valence-corrected chi connectivity index (χ1v) is 4.38. The van der Waals surface area contributed by atoms with Gasteiger partial charge in [-0.1, -0.05) is 24.3 Å². The standard InChI is InChI=1S/C12H7F3/c13-9-6-4-8(5-7-9)10-2-1-3-11(14)12(10)15/h1-7H. The summed E-state index contributed by atoms with van der Waals surface area (Å²) in [5.41, 5.74) is 0.586. The van der Waals surface area contributed by atoms with Gasteiger partial charge in [0.1, 0.15) is 5.82 Å². The van der Waals surface area contributed by atoms with Crippen LogP contribution in [0.1, 0.15) is 0 Å². The highest BCUT2D eigenvalue weighted by Gasteiger charge is 2.08. The summed E-state index contributed by atoms with van der Waals surface area (Å²) in [6.45, 7) is 0. The van der Waals surface area contributed by atoms with E-state index in [1.165, 1.54) is 36.4 Å².